The zero-order valence-electron chi connectivity index (χ0n) is 12.8. The molecular formula is C16H25NO2. The summed E-state index contributed by atoms with van der Waals surface area (Å²) in [5, 5.41) is 9.44. The van der Waals surface area contributed by atoms with Crippen LogP contribution < -0.4 is 0 Å². The van der Waals surface area contributed by atoms with Crippen molar-refractivity contribution in [1.82, 2.24) is 4.90 Å². The summed E-state index contributed by atoms with van der Waals surface area (Å²) < 4.78 is 0. The molecule has 1 N–H and O–H groups in total. The van der Waals surface area contributed by atoms with Gasteiger partial charge in [-0.2, -0.15) is 0 Å². The molecule has 0 aliphatic heterocycles. The van der Waals surface area contributed by atoms with Crippen LogP contribution in [-0.2, 0) is 4.79 Å². The Morgan fingerprint density at radius 3 is 1.84 bits per heavy atom. The van der Waals surface area contributed by atoms with Crippen LogP contribution in [0.5, 0.6) is 0 Å². The number of aliphatic carboxylic acids is 1. The third-order valence-electron chi connectivity index (χ3n) is 3.67. The van der Waals surface area contributed by atoms with Gasteiger partial charge in [-0.05, 0) is 45.0 Å². The van der Waals surface area contributed by atoms with E-state index in [1.54, 1.807) is 13.8 Å². The highest BCUT2D eigenvalue weighted by Crippen LogP contribution is 2.37. The van der Waals surface area contributed by atoms with Gasteiger partial charge in [-0.1, -0.05) is 38.1 Å². The smallest absolute Gasteiger partial charge is 0.311 e. The first kappa shape index (κ1) is 15.7. The minimum atomic E-state index is -0.831. The average molecular weight is 263 g/mol. The predicted octanol–water partition coefficient (Wildman–Crippen LogP) is 3.52. The summed E-state index contributed by atoms with van der Waals surface area (Å²) in [7, 11) is 3.84. The van der Waals surface area contributed by atoms with Crippen molar-refractivity contribution in [3.05, 3.63) is 35.4 Å². The number of rotatable bonds is 5. The highest BCUT2D eigenvalue weighted by Gasteiger charge is 2.39. The van der Waals surface area contributed by atoms with Crippen molar-refractivity contribution >= 4 is 5.97 Å². The molecule has 1 unspecified atom stereocenters. The third-order valence-corrected chi connectivity index (χ3v) is 3.67. The van der Waals surface area contributed by atoms with E-state index in [-0.39, 0.29) is 6.04 Å². The van der Waals surface area contributed by atoms with Gasteiger partial charge in [0.15, 0.2) is 0 Å². The van der Waals surface area contributed by atoms with E-state index in [0.717, 1.165) is 5.56 Å². The normalized spacial score (nSPS) is 13.9. The van der Waals surface area contributed by atoms with E-state index >= 15 is 0 Å². The Morgan fingerprint density at radius 2 is 1.53 bits per heavy atom. The van der Waals surface area contributed by atoms with Crippen molar-refractivity contribution < 1.29 is 9.90 Å². The number of carbonyl (C=O) groups is 1. The van der Waals surface area contributed by atoms with Crippen molar-refractivity contribution in [2.24, 2.45) is 5.41 Å². The topological polar surface area (TPSA) is 40.5 Å². The minimum absolute atomic E-state index is 0.147. The van der Waals surface area contributed by atoms with Crippen molar-refractivity contribution in [3.8, 4) is 0 Å². The Morgan fingerprint density at radius 1 is 1.11 bits per heavy atom. The Hall–Kier alpha value is -1.35. The van der Waals surface area contributed by atoms with Crippen LogP contribution >= 0.6 is 0 Å². The van der Waals surface area contributed by atoms with Crippen LogP contribution in [0.15, 0.2) is 24.3 Å². The molecule has 1 rings (SSSR count). The molecule has 1 atom stereocenters. The molecule has 0 saturated carbocycles. The molecule has 1 aromatic rings. The van der Waals surface area contributed by atoms with Gasteiger partial charge in [-0.3, -0.25) is 4.79 Å². The largest absolute Gasteiger partial charge is 0.481 e. The molecule has 3 heteroatoms. The molecule has 0 radical (unpaired) electrons. The lowest BCUT2D eigenvalue weighted by Crippen LogP contribution is -2.39. The second kappa shape index (κ2) is 5.74. The van der Waals surface area contributed by atoms with E-state index in [1.165, 1.54) is 5.56 Å². The molecule has 0 amide bonds. The molecule has 0 aromatic heterocycles. The first-order chi connectivity index (χ1) is 8.67. The van der Waals surface area contributed by atoms with Gasteiger partial charge in [0, 0.05) is 6.04 Å². The van der Waals surface area contributed by atoms with Crippen LogP contribution in [0.3, 0.4) is 0 Å². The molecule has 1 aromatic carbocycles. The van der Waals surface area contributed by atoms with Crippen LogP contribution in [0.4, 0.5) is 0 Å². The molecule has 0 bridgehead atoms. The molecular weight excluding hydrogens is 238 g/mol. The van der Waals surface area contributed by atoms with Crippen LogP contribution in [0.2, 0.25) is 0 Å². The van der Waals surface area contributed by atoms with Gasteiger partial charge in [0.2, 0.25) is 0 Å². The SMILES string of the molecule is CC(C)c1ccc(C(N(C)C)C(C)(C)C(=O)O)cc1. The maximum atomic E-state index is 11.5. The summed E-state index contributed by atoms with van der Waals surface area (Å²) >= 11 is 0. The summed E-state index contributed by atoms with van der Waals surface area (Å²) in [6.07, 6.45) is 0. The summed E-state index contributed by atoms with van der Waals surface area (Å²) in [6.45, 7) is 7.85. The number of benzene rings is 1. The third kappa shape index (κ3) is 3.35. The van der Waals surface area contributed by atoms with E-state index in [2.05, 4.69) is 26.0 Å². The van der Waals surface area contributed by atoms with Crippen LogP contribution in [0, 0.1) is 5.41 Å². The second-order valence-corrected chi connectivity index (χ2v) is 6.21. The van der Waals surface area contributed by atoms with E-state index in [0.29, 0.717) is 5.92 Å². The van der Waals surface area contributed by atoms with Crippen LogP contribution in [0.25, 0.3) is 0 Å². The van der Waals surface area contributed by atoms with Crippen LogP contribution in [0.1, 0.15) is 50.8 Å². The number of carboxylic acid groups (broad SMARTS) is 1. The summed E-state index contributed by atoms with van der Waals surface area (Å²) in [5.74, 6) is -0.293. The van der Waals surface area contributed by atoms with E-state index in [9.17, 15) is 9.90 Å². The van der Waals surface area contributed by atoms with Crippen molar-refractivity contribution in [3.63, 3.8) is 0 Å². The molecule has 19 heavy (non-hydrogen) atoms. The molecule has 0 aliphatic carbocycles. The zero-order valence-corrected chi connectivity index (χ0v) is 12.8. The molecule has 0 spiro atoms. The van der Waals surface area contributed by atoms with Gasteiger partial charge in [-0.25, -0.2) is 0 Å². The highest BCUT2D eigenvalue weighted by atomic mass is 16.4. The van der Waals surface area contributed by atoms with Gasteiger partial charge in [0.05, 0.1) is 5.41 Å². The molecule has 0 heterocycles. The Labute approximate surface area is 116 Å². The molecule has 0 saturated heterocycles. The van der Waals surface area contributed by atoms with E-state index in [1.807, 2.05) is 31.1 Å². The van der Waals surface area contributed by atoms with Gasteiger partial charge in [0.25, 0.3) is 0 Å². The van der Waals surface area contributed by atoms with Gasteiger partial charge < -0.3 is 10.0 Å². The van der Waals surface area contributed by atoms with Crippen molar-refractivity contribution in [1.29, 1.82) is 0 Å². The molecule has 0 aliphatic rings. The summed E-state index contributed by atoms with van der Waals surface area (Å²) in [6, 6.07) is 8.13. The number of nitrogens with zero attached hydrogens (tertiary/aromatic N) is 1. The number of carboxylic acids is 1. The van der Waals surface area contributed by atoms with E-state index in [4.69, 9.17) is 0 Å². The standard InChI is InChI=1S/C16H25NO2/c1-11(2)12-7-9-13(10-8-12)14(17(5)6)16(3,4)15(18)19/h7-11,14H,1-6H3,(H,18,19). The number of hydrogen-bond acceptors (Lipinski definition) is 2. The summed E-state index contributed by atoms with van der Waals surface area (Å²) in [5.41, 5.74) is 1.49. The molecule has 106 valence electrons. The second-order valence-electron chi connectivity index (χ2n) is 6.21. The summed E-state index contributed by atoms with van der Waals surface area (Å²) in [4.78, 5) is 13.5. The van der Waals surface area contributed by atoms with Gasteiger partial charge in [0.1, 0.15) is 0 Å². The maximum absolute atomic E-state index is 11.5. The maximum Gasteiger partial charge on any atom is 0.311 e. The number of hydrogen-bond donors (Lipinski definition) is 1. The van der Waals surface area contributed by atoms with Gasteiger partial charge in [-0.15, -0.1) is 0 Å². The lowest BCUT2D eigenvalue weighted by atomic mass is 9.79. The zero-order chi connectivity index (χ0) is 14.8. The predicted molar refractivity (Wildman–Crippen MR) is 78.4 cm³/mol. The Kier molecular flexibility index (Phi) is 4.75. The fourth-order valence-electron chi connectivity index (χ4n) is 2.54. The average Bonchev–Trinajstić information content (AvgIpc) is 2.28. The monoisotopic (exact) mass is 263 g/mol. The lowest BCUT2D eigenvalue weighted by molar-refractivity contribution is -0.150. The first-order valence-electron chi connectivity index (χ1n) is 6.67. The van der Waals surface area contributed by atoms with Gasteiger partial charge >= 0.3 is 5.97 Å². The van der Waals surface area contributed by atoms with Crippen LogP contribution in [-0.4, -0.2) is 30.1 Å². The van der Waals surface area contributed by atoms with Crippen molar-refractivity contribution in [2.75, 3.05) is 14.1 Å². The first-order valence-corrected chi connectivity index (χ1v) is 6.67. The lowest BCUT2D eigenvalue weighted by Gasteiger charge is -2.36. The quantitative estimate of drug-likeness (QED) is 0.883. The Balaban J connectivity index is 3.17. The Bertz CT molecular complexity index is 433. The highest BCUT2D eigenvalue weighted by molar-refractivity contribution is 5.75. The fraction of sp³-hybridized carbons (Fsp3) is 0.562. The minimum Gasteiger partial charge on any atom is -0.481 e. The van der Waals surface area contributed by atoms with Crippen molar-refractivity contribution in [2.45, 2.75) is 39.7 Å². The molecule has 0 fully saturated rings. The van der Waals surface area contributed by atoms with E-state index < -0.39 is 11.4 Å². The molecule has 3 nitrogen and oxygen atoms in total. The fourth-order valence-corrected chi connectivity index (χ4v) is 2.54.